The third-order valence-electron chi connectivity index (χ3n) is 13.3. The van der Waals surface area contributed by atoms with Crippen molar-refractivity contribution in [2.24, 2.45) is 5.92 Å². The zero-order valence-corrected chi connectivity index (χ0v) is 33.6. The fourth-order valence-corrected chi connectivity index (χ4v) is 10.3. The van der Waals surface area contributed by atoms with E-state index < -0.39 is 34.9 Å². The highest BCUT2D eigenvalue weighted by molar-refractivity contribution is 6.05. The van der Waals surface area contributed by atoms with Crippen LogP contribution in [-0.2, 0) is 16.1 Å². The summed E-state index contributed by atoms with van der Waals surface area (Å²) in [5, 5.41) is 24.5. The molecule has 4 fully saturated rings. The Morgan fingerprint density at radius 2 is 1.71 bits per heavy atom. The Morgan fingerprint density at radius 3 is 2.46 bits per heavy atom. The Balaban J connectivity index is 0.785. The molecule has 0 radical (unpaired) electrons. The van der Waals surface area contributed by atoms with Gasteiger partial charge in [0.1, 0.15) is 11.9 Å². The van der Waals surface area contributed by atoms with E-state index >= 15 is 0 Å². The third kappa shape index (κ3) is 7.06. The number of carbonyl (C=O) groups excluding carboxylic acids is 4. The van der Waals surface area contributed by atoms with Crippen molar-refractivity contribution in [1.82, 2.24) is 35.1 Å². The molecule has 3 N–H and O–H groups in total. The van der Waals surface area contributed by atoms with Gasteiger partial charge in [-0.05, 0) is 75.8 Å². The second-order valence-electron chi connectivity index (χ2n) is 17.4. The lowest BCUT2D eigenvalue weighted by molar-refractivity contribution is -0.136. The minimum Gasteiger partial charge on any atom is -0.504 e. The number of benzene rings is 2. The topological polar surface area (TPSA) is 158 Å². The van der Waals surface area contributed by atoms with E-state index in [1.54, 1.807) is 11.0 Å². The van der Waals surface area contributed by atoms with E-state index in [0.29, 0.717) is 68.2 Å². The lowest BCUT2D eigenvalue weighted by Crippen LogP contribution is -2.69. The average molecular weight is 813 g/mol. The number of phenols is 1. The number of fused-ring (bicyclic) bond motifs is 4. The van der Waals surface area contributed by atoms with Gasteiger partial charge in [0.15, 0.2) is 17.4 Å². The van der Waals surface area contributed by atoms with Crippen LogP contribution < -0.4 is 20.4 Å². The Kier molecular flexibility index (Phi) is 9.83. The fraction of sp³-hybridized carbons (Fsp3) is 0.524. The number of hydrogen-bond donors (Lipinski definition) is 3. The molecule has 4 atom stereocenters. The first-order chi connectivity index (χ1) is 28.3. The lowest BCUT2D eigenvalue weighted by Gasteiger charge is -2.54. The van der Waals surface area contributed by atoms with Crippen molar-refractivity contribution in [2.45, 2.75) is 76.7 Å². The van der Waals surface area contributed by atoms with Gasteiger partial charge in [0.2, 0.25) is 11.8 Å². The van der Waals surface area contributed by atoms with Crippen LogP contribution in [0.4, 0.5) is 30.8 Å². The Labute approximate surface area is 341 Å². The maximum Gasteiger partial charge on any atom is 0.320 e. The molecule has 3 aromatic rings. The van der Waals surface area contributed by atoms with Crippen molar-refractivity contribution in [2.75, 3.05) is 74.0 Å². The number of urea groups is 1. The quantitative estimate of drug-likeness (QED) is 0.324. The van der Waals surface area contributed by atoms with Gasteiger partial charge in [-0.2, -0.15) is 0 Å². The van der Waals surface area contributed by atoms with Crippen LogP contribution in [0.2, 0.25) is 0 Å². The number of hydrogen-bond acceptors (Lipinski definition) is 11. The molecule has 7 heterocycles. The minimum absolute atomic E-state index is 0.0169. The normalized spacial score (nSPS) is 26.4. The van der Waals surface area contributed by atoms with Crippen LogP contribution in [0.5, 0.6) is 5.75 Å². The Hall–Kier alpha value is -5.58. The van der Waals surface area contributed by atoms with Gasteiger partial charge in [-0.15, -0.1) is 10.2 Å². The van der Waals surface area contributed by atoms with Gasteiger partial charge in [0.05, 0.1) is 16.9 Å². The molecular weight excluding hydrogens is 763 g/mol. The zero-order valence-electron chi connectivity index (χ0n) is 33.6. The second-order valence-corrected chi connectivity index (χ2v) is 17.4. The number of aromatic nitrogens is 2. The lowest BCUT2D eigenvalue weighted by atomic mass is 9.92. The number of amides is 5. The van der Waals surface area contributed by atoms with E-state index in [9.17, 15) is 33.1 Å². The number of piperidine rings is 2. The zero-order chi connectivity index (χ0) is 41.3. The number of nitrogens with zero attached hydrogens (tertiary/aromatic N) is 8. The first-order valence-electron chi connectivity index (χ1n) is 20.7. The molecule has 6 aliphatic rings. The molecule has 2 aromatic carbocycles. The summed E-state index contributed by atoms with van der Waals surface area (Å²) in [6, 6.07) is 8.79. The van der Waals surface area contributed by atoms with Crippen LogP contribution in [0.3, 0.4) is 0 Å². The molecule has 4 saturated heterocycles. The fourth-order valence-electron chi connectivity index (χ4n) is 10.3. The Morgan fingerprint density at radius 1 is 0.949 bits per heavy atom. The molecule has 15 nitrogen and oxygen atoms in total. The number of nitrogens with one attached hydrogen (secondary N) is 2. The van der Waals surface area contributed by atoms with Crippen LogP contribution in [0, 0.1) is 17.6 Å². The molecule has 6 aliphatic heterocycles. The first kappa shape index (κ1) is 38.9. The largest absolute Gasteiger partial charge is 0.504 e. The first-order valence-corrected chi connectivity index (χ1v) is 20.7. The number of phenolic OH excluding ortho intramolecular Hbond substituents is 1. The molecule has 1 aromatic heterocycles. The van der Waals surface area contributed by atoms with Gasteiger partial charge in [-0.1, -0.05) is 6.07 Å². The van der Waals surface area contributed by atoms with Gasteiger partial charge >= 0.3 is 6.03 Å². The number of rotatable bonds is 5. The molecule has 59 heavy (non-hydrogen) atoms. The van der Waals surface area contributed by atoms with Gasteiger partial charge in [-0.25, -0.2) is 13.6 Å². The number of halogens is 2. The summed E-state index contributed by atoms with van der Waals surface area (Å²) in [5.41, 5.74) is 2.82. The highest BCUT2D eigenvalue weighted by Gasteiger charge is 2.46. The van der Waals surface area contributed by atoms with E-state index in [1.807, 2.05) is 21.9 Å². The van der Waals surface area contributed by atoms with E-state index in [2.05, 4.69) is 62.4 Å². The van der Waals surface area contributed by atoms with Gasteiger partial charge < -0.3 is 34.9 Å². The van der Waals surface area contributed by atoms with Crippen LogP contribution in [-0.4, -0.2) is 141 Å². The summed E-state index contributed by atoms with van der Waals surface area (Å²) in [6.45, 7) is 13.0. The molecule has 9 rings (SSSR count). The summed E-state index contributed by atoms with van der Waals surface area (Å²) in [7, 11) is 0. The number of piperazine rings is 2. The summed E-state index contributed by atoms with van der Waals surface area (Å²) in [6.07, 6.45) is 2.61. The van der Waals surface area contributed by atoms with Gasteiger partial charge in [0, 0.05) is 107 Å². The SMILES string of the molecule is C[C@@H]1CN(CC2CCN(c3ccc4c(c3)C(=O)N(C3CCC(=O)NC3=O)C4)CC2)C[C@@H](C)N1C(=O)N1CCN2c3cc(-c4cc(F)cc(F)c4O)nnc3NCC2(C)C1. The van der Waals surface area contributed by atoms with Crippen molar-refractivity contribution in [3.05, 3.63) is 59.2 Å². The van der Waals surface area contributed by atoms with Crippen LogP contribution in [0.25, 0.3) is 11.3 Å². The van der Waals surface area contributed by atoms with Crippen molar-refractivity contribution in [3.63, 3.8) is 0 Å². The summed E-state index contributed by atoms with van der Waals surface area (Å²) < 4.78 is 28.3. The third-order valence-corrected chi connectivity index (χ3v) is 13.3. The predicted octanol–water partition coefficient (Wildman–Crippen LogP) is 3.63. The van der Waals surface area contributed by atoms with Crippen molar-refractivity contribution in [1.29, 1.82) is 0 Å². The summed E-state index contributed by atoms with van der Waals surface area (Å²) in [4.78, 5) is 64.4. The van der Waals surface area contributed by atoms with Gasteiger partial charge in [-0.3, -0.25) is 24.6 Å². The summed E-state index contributed by atoms with van der Waals surface area (Å²) in [5.74, 6) is -2.40. The highest BCUT2D eigenvalue weighted by atomic mass is 19.1. The van der Waals surface area contributed by atoms with E-state index in [4.69, 9.17) is 0 Å². The van der Waals surface area contributed by atoms with E-state index in [-0.39, 0.29) is 47.6 Å². The summed E-state index contributed by atoms with van der Waals surface area (Å²) >= 11 is 0. The molecule has 0 bridgehead atoms. The standard InChI is InChI=1S/C42H50F2N10O5/c1-24-18-49(20-26-8-10-50(11-9-26)29-5-4-27-21-52(40(58)30(27)16-29)34-6-7-36(55)46-39(34)57)19-25(2)54(24)41(59)51-12-13-53-35-17-33(31-14-28(43)15-32(44)37(31)56)47-48-38(35)45-22-42(53,3)23-51/h4-5,14-17,24-26,34,56H,6-13,18-23H2,1-3H3,(H,45,48)(H,46,55,57)/t24-,25-,34?,42?/m1/s1. The molecular formula is C42H50F2N10O5. The predicted molar refractivity (Wildman–Crippen MR) is 215 cm³/mol. The molecule has 5 amide bonds. The smallest absolute Gasteiger partial charge is 0.320 e. The monoisotopic (exact) mass is 812 g/mol. The molecule has 2 unspecified atom stereocenters. The van der Waals surface area contributed by atoms with E-state index in [1.165, 1.54) is 0 Å². The number of anilines is 3. The second kappa shape index (κ2) is 14.9. The van der Waals surface area contributed by atoms with Crippen LogP contribution in [0.15, 0.2) is 36.4 Å². The minimum atomic E-state index is -1.07. The molecule has 0 saturated carbocycles. The van der Waals surface area contributed by atoms with Crippen LogP contribution >= 0.6 is 0 Å². The van der Waals surface area contributed by atoms with Crippen molar-refractivity contribution < 1.29 is 33.1 Å². The molecule has 0 aliphatic carbocycles. The van der Waals surface area contributed by atoms with Crippen LogP contribution in [0.1, 0.15) is 62.4 Å². The number of imide groups is 1. The van der Waals surface area contributed by atoms with Crippen molar-refractivity contribution >= 4 is 40.9 Å². The molecule has 0 spiro atoms. The van der Waals surface area contributed by atoms with E-state index in [0.717, 1.165) is 62.9 Å². The highest BCUT2D eigenvalue weighted by Crippen LogP contribution is 2.41. The maximum absolute atomic E-state index is 14.3. The number of aromatic hydroxyl groups is 1. The Bertz CT molecular complexity index is 2210. The maximum atomic E-state index is 14.3. The van der Waals surface area contributed by atoms with Crippen molar-refractivity contribution in [3.8, 4) is 17.0 Å². The molecule has 312 valence electrons. The molecule has 17 heteroatoms. The number of carbonyl (C=O) groups is 4. The average Bonchev–Trinajstić information content (AvgIpc) is 3.53. The van der Waals surface area contributed by atoms with Gasteiger partial charge in [0.25, 0.3) is 5.91 Å².